The van der Waals surface area contributed by atoms with Crippen molar-refractivity contribution in [3.8, 4) is 22.8 Å². The molecule has 0 radical (unpaired) electrons. The number of aromatic nitrogens is 2. The van der Waals surface area contributed by atoms with E-state index in [9.17, 15) is 0 Å². The van der Waals surface area contributed by atoms with Crippen LogP contribution in [0.2, 0.25) is 0 Å². The van der Waals surface area contributed by atoms with Gasteiger partial charge in [-0.1, -0.05) is 6.07 Å². The van der Waals surface area contributed by atoms with E-state index in [4.69, 9.17) is 15.2 Å². The van der Waals surface area contributed by atoms with Crippen molar-refractivity contribution in [2.24, 2.45) is 0 Å². The Morgan fingerprint density at radius 3 is 3.00 bits per heavy atom. The van der Waals surface area contributed by atoms with Gasteiger partial charge in [-0.15, -0.1) is 0 Å². The summed E-state index contributed by atoms with van der Waals surface area (Å²) in [4.78, 5) is 0. The van der Waals surface area contributed by atoms with Crippen molar-refractivity contribution < 1.29 is 9.47 Å². The summed E-state index contributed by atoms with van der Waals surface area (Å²) in [6, 6.07) is 7.63. The molecule has 0 saturated carbocycles. The zero-order valence-corrected chi connectivity index (χ0v) is 12.1. The average Bonchev–Trinajstić information content (AvgIpc) is 3.10. The van der Waals surface area contributed by atoms with E-state index in [0.29, 0.717) is 11.6 Å². The summed E-state index contributed by atoms with van der Waals surface area (Å²) >= 11 is 1.92. The Morgan fingerprint density at radius 2 is 2.35 bits per heavy atom. The molecule has 5 nitrogen and oxygen atoms in total. The lowest BCUT2D eigenvalue weighted by molar-refractivity contribution is 0.219. The summed E-state index contributed by atoms with van der Waals surface area (Å²) in [7, 11) is 1.65. The molecule has 1 saturated heterocycles. The van der Waals surface area contributed by atoms with Crippen LogP contribution in [0.15, 0.2) is 24.3 Å². The van der Waals surface area contributed by atoms with Crippen LogP contribution in [0.4, 0.5) is 5.82 Å². The van der Waals surface area contributed by atoms with Crippen molar-refractivity contribution in [3.05, 3.63) is 24.3 Å². The van der Waals surface area contributed by atoms with Gasteiger partial charge in [0.25, 0.3) is 0 Å². The van der Waals surface area contributed by atoms with E-state index in [-0.39, 0.29) is 6.10 Å². The van der Waals surface area contributed by atoms with Gasteiger partial charge in [0, 0.05) is 17.4 Å². The van der Waals surface area contributed by atoms with Crippen LogP contribution in [0.3, 0.4) is 0 Å². The van der Waals surface area contributed by atoms with Crippen molar-refractivity contribution in [1.29, 1.82) is 0 Å². The summed E-state index contributed by atoms with van der Waals surface area (Å²) in [6.45, 7) is 0. The van der Waals surface area contributed by atoms with Crippen LogP contribution < -0.4 is 15.2 Å². The summed E-state index contributed by atoms with van der Waals surface area (Å²) in [5.74, 6) is 4.13. The second-order valence-corrected chi connectivity index (χ2v) is 5.80. The Labute approximate surface area is 121 Å². The Kier molecular flexibility index (Phi) is 3.73. The fraction of sp³-hybridized carbons (Fsp3) is 0.357. The lowest BCUT2D eigenvalue weighted by Crippen LogP contribution is -2.15. The first-order valence-corrected chi connectivity index (χ1v) is 7.66. The molecule has 1 aromatic carbocycles. The number of benzene rings is 1. The van der Waals surface area contributed by atoms with E-state index in [1.54, 1.807) is 13.2 Å². The average molecular weight is 291 g/mol. The molecule has 1 unspecified atom stereocenters. The van der Waals surface area contributed by atoms with Gasteiger partial charge in [0.05, 0.1) is 12.8 Å². The second-order valence-electron chi connectivity index (χ2n) is 4.65. The van der Waals surface area contributed by atoms with Gasteiger partial charge < -0.3 is 15.2 Å². The van der Waals surface area contributed by atoms with E-state index in [1.165, 1.54) is 0 Å². The van der Waals surface area contributed by atoms with Crippen molar-refractivity contribution in [3.63, 3.8) is 0 Å². The SMILES string of the molecule is COc1c(OC2CCSC2)cccc1-c1cc(N)n[nH]1. The van der Waals surface area contributed by atoms with Gasteiger partial charge in [0.1, 0.15) is 11.9 Å². The molecule has 0 aliphatic carbocycles. The lowest BCUT2D eigenvalue weighted by atomic mass is 10.1. The summed E-state index contributed by atoms with van der Waals surface area (Å²) in [5, 5.41) is 6.86. The number of nitrogen functional groups attached to an aromatic ring is 1. The number of nitrogens with zero attached hydrogens (tertiary/aromatic N) is 1. The molecule has 1 atom stereocenters. The lowest BCUT2D eigenvalue weighted by Gasteiger charge is -2.17. The molecular formula is C14H17N3O2S. The third kappa shape index (κ3) is 2.56. The topological polar surface area (TPSA) is 73.2 Å². The van der Waals surface area contributed by atoms with Crippen LogP contribution in [0.5, 0.6) is 11.5 Å². The highest BCUT2D eigenvalue weighted by Crippen LogP contribution is 2.39. The molecule has 2 aromatic rings. The van der Waals surface area contributed by atoms with Crippen molar-refractivity contribution in [2.75, 3.05) is 24.3 Å². The number of H-pyrrole nitrogens is 1. The third-order valence-corrected chi connectivity index (χ3v) is 4.38. The van der Waals surface area contributed by atoms with E-state index < -0.39 is 0 Å². The number of thioether (sulfide) groups is 1. The molecule has 0 amide bonds. The van der Waals surface area contributed by atoms with Crippen molar-refractivity contribution in [2.45, 2.75) is 12.5 Å². The highest BCUT2D eigenvalue weighted by molar-refractivity contribution is 7.99. The molecule has 2 heterocycles. The normalized spacial score (nSPS) is 18.1. The minimum Gasteiger partial charge on any atom is -0.492 e. The number of para-hydroxylation sites is 1. The van der Waals surface area contributed by atoms with Gasteiger partial charge in [-0.05, 0) is 24.3 Å². The van der Waals surface area contributed by atoms with Crippen LogP contribution in [-0.2, 0) is 0 Å². The number of nitrogens with one attached hydrogen (secondary N) is 1. The summed E-state index contributed by atoms with van der Waals surface area (Å²) in [5.41, 5.74) is 7.39. The predicted octanol–water partition coefficient (Wildman–Crippen LogP) is 2.55. The van der Waals surface area contributed by atoms with Crippen LogP contribution in [0, 0.1) is 0 Å². The van der Waals surface area contributed by atoms with Crippen LogP contribution >= 0.6 is 11.8 Å². The zero-order chi connectivity index (χ0) is 13.9. The fourth-order valence-corrected chi connectivity index (χ4v) is 3.39. The molecule has 1 aliphatic heterocycles. The maximum Gasteiger partial charge on any atom is 0.170 e. The van der Waals surface area contributed by atoms with Gasteiger partial charge in [-0.2, -0.15) is 16.9 Å². The summed E-state index contributed by atoms with van der Waals surface area (Å²) in [6.07, 6.45) is 1.34. The molecular weight excluding hydrogens is 274 g/mol. The monoisotopic (exact) mass is 291 g/mol. The molecule has 106 valence electrons. The maximum absolute atomic E-state index is 6.05. The van der Waals surface area contributed by atoms with Crippen LogP contribution in [-0.4, -0.2) is 34.9 Å². The largest absolute Gasteiger partial charge is 0.492 e. The molecule has 0 bridgehead atoms. The molecule has 3 N–H and O–H groups in total. The molecule has 0 spiro atoms. The van der Waals surface area contributed by atoms with Crippen LogP contribution in [0.25, 0.3) is 11.3 Å². The number of hydrogen-bond donors (Lipinski definition) is 2. The first-order chi connectivity index (χ1) is 9.78. The van der Waals surface area contributed by atoms with Crippen LogP contribution in [0.1, 0.15) is 6.42 Å². The minimum atomic E-state index is 0.260. The third-order valence-electron chi connectivity index (χ3n) is 3.25. The molecule has 20 heavy (non-hydrogen) atoms. The van der Waals surface area contributed by atoms with Gasteiger partial charge in [0.2, 0.25) is 0 Å². The van der Waals surface area contributed by atoms with E-state index in [2.05, 4.69) is 10.2 Å². The highest BCUT2D eigenvalue weighted by Gasteiger charge is 2.20. The van der Waals surface area contributed by atoms with Gasteiger partial charge in [-0.3, -0.25) is 5.10 Å². The van der Waals surface area contributed by atoms with Gasteiger partial charge in [0.15, 0.2) is 11.5 Å². The molecule has 1 fully saturated rings. The fourth-order valence-electron chi connectivity index (χ4n) is 2.29. The van der Waals surface area contributed by atoms with Crippen molar-refractivity contribution >= 4 is 17.6 Å². The Hall–Kier alpha value is -1.82. The Morgan fingerprint density at radius 1 is 1.45 bits per heavy atom. The molecule has 6 heteroatoms. The predicted molar refractivity (Wildman–Crippen MR) is 81.3 cm³/mol. The van der Waals surface area contributed by atoms with E-state index >= 15 is 0 Å². The first kappa shape index (κ1) is 13.2. The molecule has 1 aromatic heterocycles. The number of hydrogen-bond acceptors (Lipinski definition) is 5. The standard InChI is InChI=1S/C14H17N3O2S/c1-18-14-10(11-7-13(15)17-16-11)3-2-4-12(14)19-9-5-6-20-8-9/h2-4,7,9H,5-6,8H2,1H3,(H3,15,16,17). The van der Waals surface area contributed by atoms with E-state index in [1.807, 2.05) is 30.0 Å². The number of aromatic amines is 1. The number of anilines is 1. The van der Waals surface area contributed by atoms with Gasteiger partial charge >= 0.3 is 0 Å². The molecule has 3 rings (SSSR count). The first-order valence-electron chi connectivity index (χ1n) is 6.50. The quantitative estimate of drug-likeness (QED) is 0.905. The van der Waals surface area contributed by atoms with E-state index in [0.717, 1.165) is 34.9 Å². The Bertz CT molecular complexity index is 594. The summed E-state index contributed by atoms with van der Waals surface area (Å²) < 4.78 is 11.6. The number of rotatable bonds is 4. The smallest absolute Gasteiger partial charge is 0.170 e. The van der Waals surface area contributed by atoms with Crippen molar-refractivity contribution in [1.82, 2.24) is 10.2 Å². The minimum absolute atomic E-state index is 0.260. The Balaban J connectivity index is 1.94. The number of ether oxygens (including phenoxy) is 2. The zero-order valence-electron chi connectivity index (χ0n) is 11.3. The molecule has 1 aliphatic rings. The second kappa shape index (κ2) is 5.66. The number of nitrogens with two attached hydrogens (primary N) is 1. The highest BCUT2D eigenvalue weighted by atomic mass is 32.2. The van der Waals surface area contributed by atoms with Gasteiger partial charge in [-0.25, -0.2) is 0 Å². The number of methoxy groups -OCH3 is 1. The maximum atomic E-state index is 6.05.